The summed E-state index contributed by atoms with van der Waals surface area (Å²) in [6.07, 6.45) is 5.75. The highest BCUT2D eigenvalue weighted by atomic mass is 35.5. The lowest BCUT2D eigenvalue weighted by Crippen LogP contribution is -2.50. The van der Waals surface area contributed by atoms with E-state index in [-0.39, 0.29) is 24.3 Å². The van der Waals surface area contributed by atoms with Crippen LogP contribution < -0.4 is 10.1 Å². The van der Waals surface area contributed by atoms with Crippen LogP contribution in [0.2, 0.25) is 5.02 Å². The highest BCUT2D eigenvalue weighted by Gasteiger charge is 2.28. The van der Waals surface area contributed by atoms with Gasteiger partial charge in [-0.1, -0.05) is 55.1 Å². The summed E-state index contributed by atoms with van der Waals surface area (Å²) in [4.78, 5) is 27.9. The second kappa shape index (κ2) is 11.2. The lowest BCUT2D eigenvalue weighted by molar-refractivity contribution is -0.140. The molecule has 0 aliphatic heterocycles. The SMILES string of the molecule is COc1ccc(CC(=O)N(Cc2ccc(Cl)cc2)C(C)C(=O)NC2CCCCC2)cc1. The maximum absolute atomic E-state index is 13.3. The number of ether oxygens (including phenoxy) is 1. The highest BCUT2D eigenvalue weighted by molar-refractivity contribution is 6.30. The molecule has 1 fully saturated rings. The molecule has 1 aliphatic rings. The first kappa shape index (κ1) is 23.1. The van der Waals surface area contributed by atoms with Gasteiger partial charge < -0.3 is 15.0 Å². The molecule has 6 heteroatoms. The summed E-state index contributed by atoms with van der Waals surface area (Å²) in [6.45, 7) is 2.16. The van der Waals surface area contributed by atoms with E-state index >= 15 is 0 Å². The molecule has 0 saturated heterocycles. The van der Waals surface area contributed by atoms with Crippen molar-refractivity contribution in [2.24, 2.45) is 0 Å². The summed E-state index contributed by atoms with van der Waals surface area (Å²) in [7, 11) is 1.61. The molecule has 0 heterocycles. The van der Waals surface area contributed by atoms with Gasteiger partial charge in [-0.15, -0.1) is 0 Å². The summed E-state index contributed by atoms with van der Waals surface area (Å²) in [5.74, 6) is 0.560. The van der Waals surface area contributed by atoms with E-state index in [1.807, 2.05) is 36.4 Å². The van der Waals surface area contributed by atoms with Crippen LogP contribution >= 0.6 is 11.6 Å². The molecular weight excluding hydrogens is 412 g/mol. The minimum atomic E-state index is -0.566. The number of nitrogens with zero attached hydrogens (tertiary/aromatic N) is 1. The Kier molecular flexibility index (Phi) is 8.35. The third kappa shape index (κ3) is 6.73. The number of carbonyl (C=O) groups is 2. The van der Waals surface area contributed by atoms with Crippen molar-refractivity contribution in [2.75, 3.05) is 7.11 Å². The van der Waals surface area contributed by atoms with E-state index in [1.54, 1.807) is 31.1 Å². The summed E-state index contributed by atoms with van der Waals surface area (Å²) in [6, 6.07) is 14.5. The van der Waals surface area contributed by atoms with Crippen molar-refractivity contribution < 1.29 is 14.3 Å². The van der Waals surface area contributed by atoms with Gasteiger partial charge in [0, 0.05) is 17.6 Å². The molecule has 0 bridgehead atoms. The van der Waals surface area contributed by atoms with Crippen LogP contribution in [0.1, 0.15) is 50.2 Å². The van der Waals surface area contributed by atoms with Crippen molar-refractivity contribution >= 4 is 23.4 Å². The summed E-state index contributed by atoms with van der Waals surface area (Å²) >= 11 is 6.01. The topological polar surface area (TPSA) is 58.6 Å². The van der Waals surface area contributed by atoms with Gasteiger partial charge in [-0.05, 0) is 55.2 Å². The van der Waals surface area contributed by atoms with E-state index in [4.69, 9.17) is 16.3 Å². The number of rotatable bonds is 8. The van der Waals surface area contributed by atoms with E-state index in [1.165, 1.54) is 6.42 Å². The standard InChI is InChI=1S/C25H31ClN2O3/c1-18(25(30)27-22-6-4-3-5-7-22)28(17-20-8-12-21(26)13-9-20)24(29)16-19-10-14-23(31-2)15-11-19/h8-15,18,22H,3-7,16-17H2,1-2H3,(H,27,30). The predicted octanol–water partition coefficient (Wildman–Crippen LogP) is 4.76. The Hall–Kier alpha value is -2.53. The van der Waals surface area contributed by atoms with Crippen LogP contribution in [0.15, 0.2) is 48.5 Å². The van der Waals surface area contributed by atoms with E-state index < -0.39 is 6.04 Å². The lowest BCUT2D eigenvalue weighted by Gasteiger charge is -2.31. The van der Waals surface area contributed by atoms with Gasteiger partial charge in [0.25, 0.3) is 0 Å². The molecule has 2 aromatic rings. The average Bonchev–Trinajstić information content (AvgIpc) is 2.79. The van der Waals surface area contributed by atoms with Gasteiger partial charge in [0.2, 0.25) is 11.8 Å². The minimum absolute atomic E-state index is 0.0913. The number of hydrogen-bond donors (Lipinski definition) is 1. The molecule has 2 amide bonds. The van der Waals surface area contributed by atoms with Gasteiger partial charge in [-0.2, -0.15) is 0 Å². The zero-order valence-electron chi connectivity index (χ0n) is 18.3. The number of amides is 2. The zero-order valence-corrected chi connectivity index (χ0v) is 19.0. The molecule has 1 atom stereocenters. The number of halogens is 1. The minimum Gasteiger partial charge on any atom is -0.497 e. The Labute approximate surface area is 189 Å². The summed E-state index contributed by atoms with van der Waals surface area (Å²) in [5.41, 5.74) is 1.82. The summed E-state index contributed by atoms with van der Waals surface area (Å²) in [5, 5.41) is 3.80. The van der Waals surface area contributed by atoms with E-state index in [0.29, 0.717) is 11.6 Å². The molecule has 2 aromatic carbocycles. The second-order valence-corrected chi connectivity index (χ2v) is 8.63. The van der Waals surface area contributed by atoms with Gasteiger partial charge in [0.15, 0.2) is 0 Å². The lowest BCUT2D eigenvalue weighted by atomic mass is 9.95. The van der Waals surface area contributed by atoms with Crippen molar-refractivity contribution in [1.82, 2.24) is 10.2 Å². The monoisotopic (exact) mass is 442 g/mol. The number of benzene rings is 2. The van der Waals surface area contributed by atoms with Gasteiger partial charge >= 0.3 is 0 Å². The Bertz CT molecular complexity index is 861. The Morgan fingerprint density at radius 1 is 1.03 bits per heavy atom. The van der Waals surface area contributed by atoms with E-state index in [9.17, 15) is 9.59 Å². The zero-order chi connectivity index (χ0) is 22.2. The Morgan fingerprint density at radius 3 is 2.26 bits per heavy atom. The molecule has 1 aliphatic carbocycles. The number of methoxy groups -OCH3 is 1. The average molecular weight is 443 g/mol. The first-order chi connectivity index (χ1) is 15.0. The molecule has 31 heavy (non-hydrogen) atoms. The molecule has 166 valence electrons. The first-order valence-corrected chi connectivity index (χ1v) is 11.3. The molecule has 3 rings (SSSR count). The maximum atomic E-state index is 13.3. The van der Waals surface area contributed by atoms with Crippen molar-refractivity contribution in [3.05, 3.63) is 64.7 Å². The molecule has 0 spiro atoms. The predicted molar refractivity (Wildman–Crippen MR) is 123 cm³/mol. The van der Waals surface area contributed by atoms with E-state index in [2.05, 4.69) is 5.32 Å². The van der Waals surface area contributed by atoms with Crippen LogP contribution in [-0.2, 0) is 22.6 Å². The third-order valence-electron chi connectivity index (χ3n) is 5.90. The van der Waals surface area contributed by atoms with Crippen LogP contribution in [0, 0.1) is 0 Å². The smallest absolute Gasteiger partial charge is 0.242 e. The van der Waals surface area contributed by atoms with Crippen LogP contribution in [0.25, 0.3) is 0 Å². The molecule has 0 aromatic heterocycles. The van der Waals surface area contributed by atoms with Crippen LogP contribution in [0.4, 0.5) is 0 Å². The third-order valence-corrected chi connectivity index (χ3v) is 6.15. The molecule has 1 unspecified atom stereocenters. The normalized spacial score (nSPS) is 15.2. The van der Waals surface area contributed by atoms with Gasteiger partial charge in [-0.3, -0.25) is 9.59 Å². The van der Waals surface area contributed by atoms with Crippen LogP contribution in [-0.4, -0.2) is 35.9 Å². The van der Waals surface area contributed by atoms with Gasteiger partial charge in [-0.25, -0.2) is 0 Å². The molecule has 0 radical (unpaired) electrons. The van der Waals surface area contributed by atoms with Crippen molar-refractivity contribution in [2.45, 2.75) is 64.1 Å². The van der Waals surface area contributed by atoms with Gasteiger partial charge in [0.05, 0.1) is 13.5 Å². The molecule has 1 N–H and O–H groups in total. The molecular formula is C25H31ClN2O3. The Balaban J connectivity index is 1.74. The molecule has 1 saturated carbocycles. The van der Waals surface area contributed by atoms with Crippen LogP contribution in [0.3, 0.4) is 0 Å². The number of nitrogens with one attached hydrogen (secondary N) is 1. The van der Waals surface area contributed by atoms with Crippen LogP contribution in [0.5, 0.6) is 5.75 Å². The first-order valence-electron chi connectivity index (χ1n) is 10.9. The number of carbonyl (C=O) groups excluding carboxylic acids is 2. The van der Waals surface area contributed by atoms with Crippen molar-refractivity contribution in [3.8, 4) is 5.75 Å². The fourth-order valence-electron chi connectivity index (χ4n) is 3.96. The van der Waals surface area contributed by atoms with E-state index in [0.717, 1.165) is 42.6 Å². The maximum Gasteiger partial charge on any atom is 0.242 e. The fraction of sp³-hybridized carbons (Fsp3) is 0.440. The fourth-order valence-corrected chi connectivity index (χ4v) is 4.08. The summed E-state index contributed by atoms with van der Waals surface area (Å²) < 4.78 is 5.19. The number of hydrogen-bond acceptors (Lipinski definition) is 3. The quantitative estimate of drug-likeness (QED) is 0.641. The Morgan fingerprint density at radius 2 is 1.65 bits per heavy atom. The largest absolute Gasteiger partial charge is 0.497 e. The second-order valence-electron chi connectivity index (χ2n) is 8.19. The van der Waals surface area contributed by atoms with Gasteiger partial charge in [0.1, 0.15) is 11.8 Å². The highest BCUT2D eigenvalue weighted by Crippen LogP contribution is 2.19. The van der Waals surface area contributed by atoms with Crippen molar-refractivity contribution in [1.29, 1.82) is 0 Å². The van der Waals surface area contributed by atoms with Crippen molar-refractivity contribution in [3.63, 3.8) is 0 Å². The molecule has 5 nitrogen and oxygen atoms in total.